The van der Waals surface area contributed by atoms with Gasteiger partial charge < -0.3 is 9.64 Å². The molecular weight excluding hydrogens is 414 g/mol. The van der Waals surface area contributed by atoms with Crippen LogP contribution >= 0.6 is 34.7 Å². The summed E-state index contributed by atoms with van der Waals surface area (Å²) >= 11 is 9.36. The van der Waals surface area contributed by atoms with Crippen molar-refractivity contribution >= 4 is 40.6 Å². The van der Waals surface area contributed by atoms with Crippen molar-refractivity contribution in [1.29, 1.82) is 0 Å². The van der Waals surface area contributed by atoms with Gasteiger partial charge in [-0.15, -0.1) is 21.5 Å². The first-order valence-electron chi connectivity index (χ1n) is 9.38. The zero-order chi connectivity index (χ0) is 18.9. The molecule has 3 heterocycles. The van der Waals surface area contributed by atoms with E-state index in [0.29, 0.717) is 6.04 Å². The molecule has 3 aromatic rings. The second-order valence-electron chi connectivity index (χ2n) is 6.92. The molecule has 2 aromatic heterocycles. The van der Waals surface area contributed by atoms with Gasteiger partial charge in [-0.3, -0.25) is 4.57 Å². The average Bonchev–Trinajstić information content (AvgIpc) is 3.30. The number of halogens is 1. The molecule has 5 rings (SSSR count). The van der Waals surface area contributed by atoms with E-state index in [-0.39, 0.29) is 0 Å². The maximum Gasteiger partial charge on any atom is 0.228 e. The Morgan fingerprint density at radius 2 is 1.93 bits per heavy atom. The van der Waals surface area contributed by atoms with Gasteiger partial charge in [0, 0.05) is 40.9 Å². The van der Waals surface area contributed by atoms with E-state index in [2.05, 4.69) is 25.0 Å². The second-order valence-corrected chi connectivity index (χ2v) is 9.16. The van der Waals surface area contributed by atoms with Crippen LogP contribution in [0.4, 0.5) is 5.95 Å². The van der Waals surface area contributed by atoms with Gasteiger partial charge in [-0.25, -0.2) is 4.98 Å². The predicted octanol–water partition coefficient (Wildman–Crippen LogP) is 4.52. The summed E-state index contributed by atoms with van der Waals surface area (Å²) in [6, 6.07) is 8.36. The summed E-state index contributed by atoms with van der Waals surface area (Å²) in [5.41, 5.74) is 2.17. The normalized spacial score (nSPS) is 17.2. The molecule has 28 heavy (non-hydrogen) atoms. The molecule has 0 spiro atoms. The van der Waals surface area contributed by atoms with Crippen molar-refractivity contribution in [3.8, 4) is 10.6 Å². The van der Waals surface area contributed by atoms with Gasteiger partial charge in [0.25, 0.3) is 0 Å². The SMILES string of the molecule is Clc1ccc(-c2nc(CSc3nnc(N4CCOCC4)n3C3CC3)cs2)cc1. The Labute approximate surface area is 176 Å². The third-order valence-electron chi connectivity index (χ3n) is 4.84. The Bertz CT molecular complexity index is 948. The minimum absolute atomic E-state index is 0.537. The highest BCUT2D eigenvalue weighted by molar-refractivity contribution is 7.98. The lowest BCUT2D eigenvalue weighted by Gasteiger charge is -2.27. The van der Waals surface area contributed by atoms with Crippen molar-refractivity contribution in [1.82, 2.24) is 19.7 Å². The quantitative estimate of drug-likeness (QED) is 0.533. The van der Waals surface area contributed by atoms with Crippen LogP contribution in [0, 0.1) is 0 Å². The number of nitrogens with zero attached hydrogens (tertiary/aromatic N) is 5. The number of rotatable bonds is 6. The smallest absolute Gasteiger partial charge is 0.228 e. The summed E-state index contributed by atoms with van der Waals surface area (Å²) in [6.07, 6.45) is 2.42. The Kier molecular flexibility index (Phi) is 5.28. The maximum atomic E-state index is 5.98. The van der Waals surface area contributed by atoms with Crippen LogP contribution < -0.4 is 4.90 Å². The van der Waals surface area contributed by atoms with Gasteiger partial charge in [0.1, 0.15) is 5.01 Å². The van der Waals surface area contributed by atoms with Crippen molar-refractivity contribution in [2.45, 2.75) is 29.8 Å². The van der Waals surface area contributed by atoms with Crippen molar-refractivity contribution < 1.29 is 4.74 Å². The minimum atomic E-state index is 0.537. The summed E-state index contributed by atoms with van der Waals surface area (Å²) in [5.74, 6) is 1.78. The van der Waals surface area contributed by atoms with Crippen LogP contribution in [0.5, 0.6) is 0 Å². The summed E-state index contributed by atoms with van der Waals surface area (Å²) < 4.78 is 7.80. The van der Waals surface area contributed by atoms with Gasteiger partial charge >= 0.3 is 0 Å². The van der Waals surface area contributed by atoms with Crippen LogP contribution in [-0.2, 0) is 10.5 Å². The molecular formula is C19H20ClN5OS2. The third-order valence-corrected chi connectivity index (χ3v) is 7.01. The number of aromatic nitrogens is 4. The lowest BCUT2D eigenvalue weighted by Crippen LogP contribution is -2.38. The highest BCUT2D eigenvalue weighted by Gasteiger charge is 2.32. The molecule has 1 aliphatic heterocycles. The Morgan fingerprint density at radius 1 is 1.14 bits per heavy atom. The first-order chi connectivity index (χ1) is 13.8. The van der Waals surface area contributed by atoms with E-state index in [1.54, 1.807) is 23.1 Å². The van der Waals surface area contributed by atoms with Crippen molar-refractivity contribution in [3.05, 3.63) is 40.4 Å². The van der Waals surface area contributed by atoms with E-state index in [9.17, 15) is 0 Å². The van der Waals surface area contributed by atoms with Gasteiger partial charge in [0.2, 0.25) is 5.95 Å². The number of morpholine rings is 1. The van der Waals surface area contributed by atoms with E-state index in [1.807, 2.05) is 24.3 Å². The molecule has 0 radical (unpaired) electrons. The van der Waals surface area contributed by atoms with Crippen LogP contribution in [-0.4, -0.2) is 46.1 Å². The van der Waals surface area contributed by atoms with Crippen LogP contribution in [0.1, 0.15) is 24.6 Å². The first kappa shape index (κ1) is 18.4. The molecule has 0 amide bonds. The lowest BCUT2D eigenvalue weighted by atomic mass is 10.2. The van der Waals surface area contributed by atoms with E-state index in [0.717, 1.165) is 64.4 Å². The highest BCUT2D eigenvalue weighted by atomic mass is 35.5. The zero-order valence-corrected chi connectivity index (χ0v) is 17.6. The summed E-state index contributed by atoms with van der Waals surface area (Å²) in [6.45, 7) is 3.27. The van der Waals surface area contributed by atoms with Crippen LogP contribution in [0.25, 0.3) is 10.6 Å². The highest BCUT2D eigenvalue weighted by Crippen LogP contribution is 2.41. The molecule has 2 aliphatic rings. The van der Waals surface area contributed by atoms with E-state index in [4.69, 9.17) is 21.3 Å². The topological polar surface area (TPSA) is 56.1 Å². The molecule has 0 atom stereocenters. The number of hydrogen-bond acceptors (Lipinski definition) is 7. The molecule has 1 saturated heterocycles. The average molecular weight is 434 g/mol. The van der Waals surface area contributed by atoms with Crippen LogP contribution in [0.2, 0.25) is 5.02 Å². The van der Waals surface area contributed by atoms with Crippen LogP contribution in [0.3, 0.4) is 0 Å². The molecule has 0 bridgehead atoms. The number of hydrogen-bond donors (Lipinski definition) is 0. The molecule has 1 aromatic carbocycles. The number of benzene rings is 1. The van der Waals surface area contributed by atoms with E-state index < -0.39 is 0 Å². The summed E-state index contributed by atoms with van der Waals surface area (Å²) in [5, 5.41) is 13.9. The van der Waals surface area contributed by atoms with Crippen LogP contribution in [0.15, 0.2) is 34.8 Å². The Morgan fingerprint density at radius 3 is 2.68 bits per heavy atom. The number of ether oxygens (including phenoxy) is 1. The largest absolute Gasteiger partial charge is 0.378 e. The molecule has 0 unspecified atom stereocenters. The molecule has 1 saturated carbocycles. The van der Waals surface area contributed by atoms with Gasteiger partial charge in [-0.1, -0.05) is 35.5 Å². The van der Waals surface area contributed by atoms with Gasteiger partial charge in [-0.2, -0.15) is 0 Å². The fourth-order valence-electron chi connectivity index (χ4n) is 3.24. The third kappa shape index (κ3) is 3.91. The Balaban J connectivity index is 1.30. The molecule has 0 N–H and O–H groups in total. The number of thioether (sulfide) groups is 1. The van der Waals surface area contributed by atoms with Crippen molar-refractivity contribution in [2.75, 3.05) is 31.2 Å². The standard InChI is InChI=1S/C19H20ClN5OS2/c20-14-3-1-13(2-4-14)17-21-15(11-27-17)12-28-19-23-22-18(25(19)16-5-6-16)24-7-9-26-10-8-24/h1-4,11,16H,5-10,12H2. The molecule has 2 fully saturated rings. The fraction of sp³-hybridized carbons (Fsp3) is 0.421. The van der Waals surface area contributed by atoms with Gasteiger partial charge in [0.05, 0.1) is 18.9 Å². The van der Waals surface area contributed by atoms with Gasteiger partial charge in [0.15, 0.2) is 5.16 Å². The van der Waals surface area contributed by atoms with Crippen molar-refractivity contribution in [2.24, 2.45) is 0 Å². The van der Waals surface area contributed by atoms with E-state index in [1.165, 1.54) is 12.8 Å². The lowest BCUT2D eigenvalue weighted by molar-refractivity contribution is 0.121. The predicted molar refractivity (Wildman–Crippen MR) is 113 cm³/mol. The number of anilines is 1. The molecule has 1 aliphatic carbocycles. The zero-order valence-electron chi connectivity index (χ0n) is 15.3. The monoisotopic (exact) mass is 433 g/mol. The molecule has 6 nitrogen and oxygen atoms in total. The fourth-order valence-corrected chi connectivity index (χ4v) is 5.19. The molecule has 9 heteroatoms. The second kappa shape index (κ2) is 8.02. The number of thiazole rings is 1. The maximum absolute atomic E-state index is 5.98. The van der Waals surface area contributed by atoms with E-state index >= 15 is 0 Å². The molecule has 146 valence electrons. The van der Waals surface area contributed by atoms with Crippen molar-refractivity contribution in [3.63, 3.8) is 0 Å². The first-order valence-corrected chi connectivity index (χ1v) is 11.6. The Hall–Kier alpha value is -1.61. The summed E-state index contributed by atoms with van der Waals surface area (Å²) in [4.78, 5) is 7.07. The minimum Gasteiger partial charge on any atom is -0.378 e. The summed E-state index contributed by atoms with van der Waals surface area (Å²) in [7, 11) is 0. The van der Waals surface area contributed by atoms with Gasteiger partial charge in [-0.05, 0) is 25.0 Å².